The Labute approximate surface area is 185 Å². The van der Waals surface area contributed by atoms with Crippen LogP contribution in [-0.2, 0) is 13.1 Å². The van der Waals surface area contributed by atoms with Gasteiger partial charge in [0.05, 0.1) is 23.7 Å². The van der Waals surface area contributed by atoms with Crippen LogP contribution in [0.2, 0.25) is 0 Å². The number of aromatic nitrogens is 2. The summed E-state index contributed by atoms with van der Waals surface area (Å²) < 4.78 is 2.40. The van der Waals surface area contributed by atoms with Crippen molar-refractivity contribution in [2.24, 2.45) is 5.73 Å². The van der Waals surface area contributed by atoms with Crippen molar-refractivity contribution in [3.05, 3.63) is 56.7 Å². The summed E-state index contributed by atoms with van der Waals surface area (Å²) in [7, 11) is 0. The molecular formula is C23H26N6OS. The van der Waals surface area contributed by atoms with Crippen LogP contribution in [0.5, 0.6) is 0 Å². The molecule has 2 aliphatic rings. The number of nitrogens with zero attached hydrogens (tertiary/aromatic N) is 4. The fourth-order valence-corrected chi connectivity index (χ4v) is 5.18. The molecule has 5 rings (SSSR count). The lowest BCUT2D eigenvalue weighted by Gasteiger charge is -2.33. The molecule has 160 valence electrons. The van der Waals surface area contributed by atoms with Gasteiger partial charge in [-0.3, -0.25) is 9.36 Å². The van der Waals surface area contributed by atoms with E-state index in [2.05, 4.69) is 16.3 Å². The van der Waals surface area contributed by atoms with Crippen LogP contribution in [0, 0.1) is 11.3 Å². The predicted molar refractivity (Wildman–Crippen MR) is 123 cm³/mol. The van der Waals surface area contributed by atoms with Gasteiger partial charge in [0.2, 0.25) is 5.95 Å². The van der Waals surface area contributed by atoms with Crippen LogP contribution in [-0.4, -0.2) is 34.7 Å². The minimum Gasteiger partial charge on any atom is -0.341 e. The van der Waals surface area contributed by atoms with Crippen molar-refractivity contribution in [2.45, 2.75) is 50.9 Å². The van der Waals surface area contributed by atoms with Crippen LogP contribution >= 0.6 is 11.3 Å². The van der Waals surface area contributed by atoms with E-state index in [4.69, 9.17) is 10.7 Å². The van der Waals surface area contributed by atoms with Crippen LogP contribution in [0.15, 0.2) is 35.1 Å². The van der Waals surface area contributed by atoms with Crippen molar-refractivity contribution < 1.29 is 0 Å². The average Bonchev–Trinajstić information content (AvgIpc) is 3.52. The molecule has 0 radical (unpaired) electrons. The number of nitriles is 1. The Morgan fingerprint density at radius 1 is 1.29 bits per heavy atom. The Bertz CT molecular complexity index is 1200. The average molecular weight is 435 g/mol. The van der Waals surface area contributed by atoms with Gasteiger partial charge >= 0.3 is 0 Å². The van der Waals surface area contributed by atoms with Gasteiger partial charge in [0.15, 0.2) is 0 Å². The molecule has 1 aromatic carbocycles. The number of thiophene rings is 1. The van der Waals surface area contributed by atoms with Crippen LogP contribution in [0.1, 0.15) is 41.7 Å². The molecule has 3 heterocycles. The van der Waals surface area contributed by atoms with E-state index < -0.39 is 0 Å². The van der Waals surface area contributed by atoms with E-state index in [1.54, 1.807) is 10.6 Å². The van der Waals surface area contributed by atoms with Crippen molar-refractivity contribution in [3.8, 4) is 6.07 Å². The second-order valence-corrected chi connectivity index (χ2v) is 9.64. The van der Waals surface area contributed by atoms with Crippen LogP contribution in [0.3, 0.4) is 0 Å². The van der Waals surface area contributed by atoms with E-state index in [-0.39, 0.29) is 11.6 Å². The molecule has 3 aromatic rings. The maximum absolute atomic E-state index is 13.6. The van der Waals surface area contributed by atoms with Crippen molar-refractivity contribution >= 4 is 27.5 Å². The molecule has 2 aromatic heterocycles. The third-order valence-corrected chi connectivity index (χ3v) is 7.13. The zero-order valence-corrected chi connectivity index (χ0v) is 18.2. The van der Waals surface area contributed by atoms with E-state index in [1.165, 1.54) is 24.2 Å². The van der Waals surface area contributed by atoms with Gasteiger partial charge in [-0.05, 0) is 43.4 Å². The lowest BCUT2D eigenvalue weighted by molar-refractivity contribution is 0.492. The maximum Gasteiger partial charge on any atom is 0.273 e. The third kappa shape index (κ3) is 4.22. The Hall–Kier alpha value is -2.73. The van der Waals surface area contributed by atoms with Gasteiger partial charge in [-0.15, -0.1) is 11.3 Å². The van der Waals surface area contributed by atoms with Gasteiger partial charge < -0.3 is 16.0 Å². The molecule has 31 heavy (non-hydrogen) atoms. The minimum atomic E-state index is -0.0467. The molecular weight excluding hydrogens is 408 g/mol. The fourth-order valence-electron chi connectivity index (χ4n) is 4.18. The largest absolute Gasteiger partial charge is 0.341 e. The summed E-state index contributed by atoms with van der Waals surface area (Å²) in [6, 6.07) is 12.4. The summed E-state index contributed by atoms with van der Waals surface area (Å²) in [5, 5.41) is 13.0. The summed E-state index contributed by atoms with van der Waals surface area (Å²) in [5.41, 5.74) is 8.34. The number of hydrogen-bond acceptors (Lipinski definition) is 7. The Morgan fingerprint density at radius 2 is 2.13 bits per heavy atom. The fraction of sp³-hybridized carbons (Fsp3) is 0.435. The Morgan fingerprint density at radius 3 is 2.90 bits per heavy atom. The second kappa shape index (κ2) is 8.42. The first kappa shape index (κ1) is 20.2. The number of hydrogen-bond donors (Lipinski definition) is 2. The quantitative estimate of drug-likeness (QED) is 0.619. The molecule has 1 atom stereocenters. The number of fused-ring (bicyclic) bond motifs is 1. The lowest BCUT2D eigenvalue weighted by atomic mass is 10.1. The first-order chi connectivity index (χ1) is 15.1. The zero-order chi connectivity index (χ0) is 21.4. The number of piperidine rings is 1. The smallest absolute Gasteiger partial charge is 0.273 e. The highest BCUT2D eigenvalue weighted by molar-refractivity contribution is 7.18. The van der Waals surface area contributed by atoms with E-state index in [9.17, 15) is 10.1 Å². The third-order valence-electron chi connectivity index (χ3n) is 6.01. The molecule has 3 N–H and O–H groups in total. The molecule has 0 bridgehead atoms. The van der Waals surface area contributed by atoms with E-state index >= 15 is 0 Å². The summed E-state index contributed by atoms with van der Waals surface area (Å²) in [5.74, 6) is 0.653. The highest BCUT2D eigenvalue weighted by Crippen LogP contribution is 2.27. The topological polar surface area (TPSA) is 100.0 Å². The van der Waals surface area contributed by atoms with Crippen molar-refractivity contribution in [1.82, 2.24) is 14.9 Å². The van der Waals surface area contributed by atoms with Crippen LogP contribution in [0.25, 0.3) is 10.2 Å². The van der Waals surface area contributed by atoms with Gasteiger partial charge in [0.1, 0.15) is 4.70 Å². The monoisotopic (exact) mass is 434 g/mol. The Balaban J connectivity index is 1.59. The minimum absolute atomic E-state index is 0.0467. The Kier molecular flexibility index (Phi) is 5.48. The molecule has 1 aliphatic carbocycles. The van der Waals surface area contributed by atoms with Crippen molar-refractivity contribution in [3.63, 3.8) is 0 Å². The highest BCUT2D eigenvalue weighted by Gasteiger charge is 2.25. The van der Waals surface area contributed by atoms with Gasteiger partial charge in [-0.25, -0.2) is 4.98 Å². The lowest BCUT2D eigenvalue weighted by Crippen LogP contribution is -2.45. The van der Waals surface area contributed by atoms with E-state index in [0.29, 0.717) is 35.3 Å². The molecule has 1 unspecified atom stereocenters. The highest BCUT2D eigenvalue weighted by atomic mass is 32.1. The van der Waals surface area contributed by atoms with Crippen molar-refractivity contribution in [1.29, 1.82) is 5.26 Å². The normalized spacial score (nSPS) is 19.0. The van der Waals surface area contributed by atoms with E-state index in [0.717, 1.165) is 41.9 Å². The number of anilines is 1. The van der Waals surface area contributed by atoms with Crippen molar-refractivity contribution in [2.75, 3.05) is 18.0 Å². The summed E-state index contributed by atoms with van der Waals surface area (Å²) in [4.78, 5) is 21.8. The molecule has 0 spiro atoms. The van der Waals surface area contributed by atoms with E-state index in [1.807, 2.05) is 24.3 Å². The first-order valence-electron chi connectivity index (χ1n) is 10.9. The van der Waals surface area contributed by atoms with Gasteiger partial charge in [0, 0.05) is 36.6 Å². The van der Waals surface area contributed by atoms with Gasteiger partial charge in [0.25, 0.3) is 5.56 Å². The van der Waals surface area contributed by atoms with Crippen LogP contribution < -0.4 is 21.5 Å². The second-order valence-electron chi connectivity index (χ2n) is 8.50. The van der Waals surface area contributed by atoms with Crippen LogP contribution in [0.4, 0.5) is 5.95 Å². The maximum atomic E-state index is 13.6. The molecule has 7 nitrogen and oxygen atoms in total. The number of nitrogens with two attached hydrogens (primary N) is 1. The first-order valence-corrected chi connectivity index (χ1v) is 11.7. The van der Waals surface area contributed by atoms with Gasteiger partial charge in [-0.2, -0.15) is 5.26 Å². The molecule has 1 saturated carbocycles. The molecule has 8 heteroatoms. The summed E-state index contributed by atoms with van der Waals surface area (Å²) in [6.07, 6.45) is 4.42. The predicted octanol–water partition coefficient (Wildman–Crippen LogP) is 2.56. The summed E-state index contributed by atoms with van der Waals surface area (Å²) >= 11 is 1.52. The molecule has 1 saturated heterocycles. The number of rotatable bonds is 6. The number of benzene rings is 1. The number of nitrogens with one attached hydrogen (secondary N) is 1. The molecule has 1 aliphatic heterocycles. The zero-order valence-electron chi connectivity index (χ0n) is 17.4. The molecule has 0 amide bonds. The summed E-state index contributed by atoms with van der Waals surface area (Å²) in [6.45, 7) is 2.59. The molecule has 2 fully saturated rings. The standard InChI is InChI=1S/C23H26N6OS/c24-11-15-4-1-2-5-16(15)13-29-22(30)21-20(10-19(31-21)12-26-18-7-8-18)27-23(29)28-9-3-6-17(25)14-28/h1-2,4-5,10,17-18,26H,3,6-9,12-14,25H2. The van der Waals surface area contributed by atoms with Gasteiger partial charge in [-0.1, -0.05) is 18.2 Å². The SMILES string of the molecule is N#Cc1ccccc1Cn1c(N2CCCC(N)C2)nc2cc(CNC3CC3)sc2c1=O.